The third kappa shape index (κ3) is 0.997. The zero-order valence-electron chi connectivity index (χ0n) is 5.09. The molecule has 0 heterocycles. The van der Waals surface area contributed by atoms with Gasteiger partial charge in [-0.05, 0) is 25.2 Å². The van der Waals surface area contributed by atoms with E-state index in [9.17, 15) is 0 Å². The van der Waals surface area contributed by atoms with E-state index in [1.165, 1.54) is 6.42 Å². The predicted octanol–water partition coefficient (Wildman–Crippen LogP) is 1.64. The average molecular weight is 113 g/mol. The van der Waals surface area contributed by atoms with Crippen LogP contribution in [0.3, 0.4) is 0 Å². The quantitative estimate of drug-likeness (QED) is 0.376. The van der Waals surface area contributed by atoms with E-state index in [1.54, 1.807) is 0 Å². The minimum absolute atomic E-state index is 0.737. The fraction of sp³-hybridized carbons (Fsp3) is 0.833. The van der Waals surface area contributed by atoms with Gasteiger partial charge in [0.25, 0.3) is 0 Å². The van der Waals surface area contributed by atoms with Crippen molar-refractivity contribution in [1.82, 2.24) is 0 Å². The summed E-state index contributed by atoms with van der Waals surface area (Å²) in [4.78, 5) is 0. The lowest BCUT2D eigenvalue weighted by Gasteiger charge is -1.91. The molecule has 0 aromatic carbocycles. The molecule has 8 heavy (non-hydrogen) atoms. The Labute approximate surface area is 49.2 Å². The molecule has 1 aliphatic rings. The number of nitrogens with zero attached hydrogens (tertiary/aromatic N) is 1. The summed E-state index contributed by atoms with van der Waals surface area (Å²) >= 11 is 0. The molecule has 1 rings (SSSR count). The first-order chi connectivity index (χ1) is 3.83. The normalized spacial score (nSPS) is 34.1. The zero-order chi connectivity index (χ0) is 5.98. The molecule has 0 aromatic heterocycles. The van der Waals surface area contributed by atoms with Gasteiger partial charge in [-0.1, -0.05) is 12.1 Å². The van der Waals surface area contributed by atoms with Gasteiger partial charge in [-0.3, -0.25) is 0 Å². The highest BCUT2D eigenvalue weighted by Crippen LogP contribution is 2.21. The van der Waals surface area contributed by atoms with Crippen LogP contribution in [-0.4, -0.2) is 10.9 Å². The summed E-state index contributed by atoms with van der Waals surface area (Å²) in [7, 11) is 0. The molecule has 0 saturated heterocycles. The molecule has 0 aliphatic heterocycles. The molecular formula is C6H11NO. The standard InChI is InChI=1S/C6H11NO/c1-5-2-3-6(4-5)7-8/h5,8H,2-4H2,1H3/b7-6-. The lowest BCUT2D eigenvalue weighted by molar-refractivity contribution is 0.317. The fourth-order valence-corrected chi connectivity index (χ4v) is 1.11. The molecule has 2 heteroatoms. The van der Waals surface area contributed by atoms with Crippen molar-refractivity contribution in [3.63, 3.8) is 0 Å². The first-order valence-corrected chi connectivity index (χ1v) is 3.02. The fourth-order valence-electron chi connectivity index (χ4n) is 1.11. The molecule has 1 aliphatic carbocycles. The van der Waals surface area contributed by atoms with Crippen LogP contribution < -0.4 is 0 Å². The van der Waals surface area contributed by atoms with Gasteiger partial charge >= 0.3 is 0 Å². The van der Waals surface area contributed by atoms with Gasteiger partial charge in [0.1, 0.15) is 0 Å². The Hall–Kier alpha value is -0.530. The second-order valence-corrected chi connectivity index (χ2v) is 2.51. The van der Waals surface area contributed by atoms with Gasteiger partial charge < -0.3 is 5.21 Å². The van der Waals surface area contributed by atoms with Crippen molar-refractivity contribution < 1.29 is 5.21 Å². The number of oxime groups is 1. The largest absolute Gasteiger partial charge is 0.411 e. The molecular weight excluding hydrogens is 102 g/mol. The molecule has 1 unspecified atom stereocenters. The van der Waals surface area contributed by atoms with E-state index in [-0.39, 0.29) is 0 Å². The maximum Gasteiger partial charge on any atom is 0.0573 e. The van der Waals surface area contributed by atoms with Crippen LogP contribution in [0.1, 0.15) is 26.2 Å². The Bertz CT molecular complexity index is 109. The van der Waals surface area contributed by atoms with Crippen molar-refractivity contribution in [2.24, 2.45) is 11.1 Å². The van der Waals surface area contributed by atoms with Gasteiger partial charge in [0.2, 0.25) is 0 Å². The molecule has 1 atom stereocenters. The third-order valence-corrected chi connectivity index (χ3v) is 1.65. The summed E-state index contributed by atoms with van der Waals surface area (Å²) in [5, 5.41) is 11.4. The van der Waals surface area contributed by atoms with Crippen molar-refractivity contribution in [3.8, 4) is 0 Å². The Kier molecular flexibility index (Phi) is 1.51. The molecule has 1 fully saturated rings. The van der Waals surface area contributed by atoms with Crippen molar-refractivity contribution in [2.75, 3.05) is 0 Å². The number of hydrogen-bond donors (Lipinski definition) is 1. The summed E-state index contributed by atoms with van der Waals surface area (Å²) in [6, 6.07) is 0. The zero-order valence-corrected chi connectivity index (χ0v) is 5.09. The molecule has 2 nitrogen and oxygen atoms in total. The Balaban J connectivity index is 2.44. The van der Waals surface area contributed by atoms with Crippen LogP contribution in [0.4, 0.5) is 0 Å². The first-order valence-electron chi connectivity index (χ1n) is 3.02. The van der Waals surface area contributed by atoms with E-state index >= 15 is 0 Å². The van der Waals surface area contributed by atoms with Gasteiger partial charge in [-0.25, -0.2) is 0 Å². The second-order valence-electron chi connectivity index (χ2n) is 2.51. The van der Waals surface area contributed by atoms with Crippen molar-refractivity contribution >= 4 is 5.71 Å². The molecule has 0 radical (unpaired) electrons. The topological polar surface area (TPSA) is 32.6 Å². The van der Waals surface area contributed by atoms with Crippen LogP contribution in [0, 0.1) is 5.92 Å². The monoisotopic (exact) mass is 113 g/mol. The summed E-state index contributed by atoms with van der Waals surface area (Å²) in [6.07, 6.45) is 3.19. The van der Waals surface area contributed by atoms with Crippen LogP contribution in [-0.2, 0) is 0 Å². The maximum atomic E-state index is 8.27. The van der Waals surface area contributed by atoms with E-state index < -0.39 is 0 Å². The molecule has 1 saturated carbocycles. The maximum absolute atomic E-state index is 8.27. The van der Waals surface area contributed by atoms with E-state index in [0.29, 0.717) is 0 Å². The molecule has 0 spiro atoms. The predicted molar refractivity (Wildman–Crippen MR) is 32.2 cm³/mol. The van der Waals surface area contributed by atoms with Crippen molar-refractivity contribution in [3.05, 3.63) is 0 Å². The van der Waals surface area contributed by atoms with Crippen LogP contribution >= 0.6 is 0 Å². The SMILES string of the molecule is CC1CC/C(=N/O)C1. The summed E-state index contributed by atoms with van der Waals surface area (Å²) < 4.78 is 0. The molecule has 0 bridgehead atoms. The van der Waals surface area contributed by atoms with Crippen LogP contribution in [0.5, 0.6) is 0 Å². The minimum atomic E-state index is 0.737. The van der Waals surface area contributed by atoms with E-state index in [2.05, 4.69) is 12.1 Å². The van der Waals surface area contributed by atoms with Gasteiger partial charge in [0.15, 0.2) is 0 Å². The number of rotatable bonds is 0. The minimum Gasteiger partial charge on any atom is -0.411 e. The highest BCUT2D eigenvalue weighted by Gasteiger charge is 2.15. The van der Waals surface area contributed by atoms with Crippen LogP contribution in [0.2, 0.25) is 0 Å². The van der Waals surface area contributed by atoms with E-state index in [4.69, 9.17) is 5.21 Å². The third-order valence-electron chi connectivity index (χ3n) is 1.65. The summed E-state index contributed by atoms with van der Waals surface area (Å²) in [5.74, 6) is 0.737. The average Bonchev–Trinajstić information content (AvgIpc) is 2.14. The molecule has 1 N–H and O–H groups in total. The van der Waals surface area contributed by atoms with Gasteiger partial charge in [-0.15, -0.1) is 0 Å². The van der Waals surface area contributed by atoms with Gasteiger partial charge in [-0.2, -0.15) is 0 Å². The van der Waals surface area contributed by atoms with E-state index in [1.807, 2.05) is 0 Å². The van der Waals surface area contributed by atoms with Crippen LogP contribution in [0.15, 0.2) is 5.16 Å². The lowest BCUT2D eigenvalue weighted by Crippen LogP contribution is -1.89. The Morgan fingerprint density at radius 1 is 1.75 bits per heavy atom. The van der Waals surface area contributed by atoms with Gasteiger partial charge in [0, 0.05) is 0 Å². The van der Waals surface area contributed by atoms with Gasteiger partial charge in [0.05, 0.1) is 5.71 Å². The lowest BCUT2D eigenvalue weighted by atomic mass is 10.1. The first kappa shape index (κ1) is 5.60. The molecule has 0 amide bonds. The Morgan fingerprint density at radius 3 is 2.75 bits per heavy atom. The highest BCUT2D eigenvalue weighted by atomic mass is 16.4. The summed E-state index contributed by atoms with van der Waals surface area (Å²) in [6.45, 7) is 2.18. The molecule has 46 valence electrons. The van der Waals surface area contributed by atoms with E-state index in [0.717, 1.165) is 24.5 Å². The Morgan fingerprint density at radius 2 is 2.50 bits per heavy atom. The smallest absolute Gasteiger partial charge is 0.0573 e. The second kappa shape index (κ2) is 2.16. The number of hydrogen-bond acceptors (Lipinski definition) is 2. The van der Waals surface area contributed by atoms with Crippen molar-refractivity contribution in [2.45, 2.75) is 26.2 Å². The highest BCUT2D eigenvalue weighted by molar-refractivity contribution is 5.85. The summed E-state index contributed by atoms with van der Waals surface area (Å²) in [5.41, 5.74) is 0.970. The molecule has 0 aromatic rings. The van der Waals surface area contributed by atoms with Crippen molar-refractivity contribution in [1.29, 1.82) is 0 Å². The van der Waals surface area contributed by atoms with Crippen LogP contribution in [0.25, 0.3) is 0 Å².